The number of aliphatic hydroxyl groups excluding tert-OH is 1. The average molecular weight is 1320 g/mol. The number of amides is 1. The van der Waals surface area contributed by atoms with E-state index in [1.807, 2.05) is 27.2 Å². The Kier molecular flexibility index (Phi) is 72.1. The van der Waals surface area contributed by atoms with Gasteiger partial charge in [-0.25, -0.2) is 0 Å². The highest BCUT2D eigenvalue weighted by Gasteiger charge is 2.23. The van der Waals surface area contributed by atoms with Crippen LogP contribution in [0.4, 0.5) is 0 Å². The van der Waals surface area contributed by atoms with Crippen LogP contribution in [-0.2, 0) is 18.4 Å². The monoisotopic (exact) mass is 1320 g/mol. The first-order chi connectivity index (χ1) is 45.5. The Morgan fingerprint density at radius 1 is 0.387 bits per heavy atom. The van der Waals surface area contributed by atoms with E-state index in [9.17, 15) is 19.4 Å². The molecule has 3 atom stereocenters. The van der Waals surface area contributed by atoms with Crippen molar-refractivity contribution in [3.05, 3.63) is 85.1 Å². The number of aliphatic hydroxyl groups is 1. The molecule has 0 aliphatic carbocycles. The number of quaternary nitrogens is 1. The molecule has 544 valence electrons. The van der Waals surface area contributed by atoms with E-state index >= 15 is 0 Å². The highest BCUT2D eigenvalue weighted by molar-refractivity contribution is 7.45. The van der Waals surface area contributed by atoms with E-state index in [2.05, 4.69) is 92.1 Å². The minimum Gasteiger partial charge on any atom is -0.756 e. The van der Waals surface area contributed by atoms with Gasteiger partial charge in [0.2, 0.25) is 5.91 Å². The van der Waals surface area contributed by atoms with E-state index in [0.29, 0.717) is 17.4 Å². The summed E-state index contributed by atoms with van der Waals surface area (Å²) in [5, 5.41) is 14.0. The van der Waals surface area contributed by atoms with Gasteiger partial charge in [-0.1, -0.05) is 401 Å². The van der Waals surface area contributed by atoms with Crippen LogP contribution in [0.25, 0.3) is 0 Å². The first kappa shape index (κ1) is 90.7. The predicted octanol–water partition coefficient (Wildman–Crippen LogP) is 26.0. The molecule has 1 amide bonds. The number of unbranched alkanes of at least 4 members (excludes halogenated alkanes) is 50. The fourth-order valence-corrected chi connectivity index (χ4v) is 12.9. The molecule has 0 aliphatic rings. The minimum atomic E-state index is -4.61. The van der Waals surface area contributed by atoms with Crippen LogP contribution in [0.5, 0.6) is 0 Å². The van der Waals surface area contributed by atoms with Crippen molar-refractivity contribution in [2.45, 2.75) is 405 Å². The van der Waals surface area contributed by atoms with Crippen LogP contribution in [0.1, 0.15) is 393 Å². The van der Waals surface area contributed by atoms with Gasteiger partial charge in [-0.2, -0.15) is 0 Å². The number of carbonyl (C=O) groups is 1. The number of phosphoric ester groups is 1. The largest absolute Gasteiger partial charge is 0.756 e. The highest BCUT2D eigenvalue weighted by atomic mass is 31.2. The number of phosphoric acid groups is 1. The molecule has 0 heterocycles. The van der Waals surface area contributed by atoms with Crippen molar-refractivity contribution in [2.24, 2.45) is 0 Å². The molecule has 0 saturated heterocycles. The van der Waals surface area contributed by atoms with Gasteiger partial charge in [0.1, 0.15) is 13.2 Å². The number of nitrogens with zero attached hydrogens (tertiary/aromatic N) is 1. The third-order valence-corrected chi connectivity index (χ3v) is 19.3. The third kappa shape index (κ3) is 76.9. The normalized spacial score (nSPS) is 13.9. The van der Waals surface area contributed by atoms with E-state index in [-0.39, 0.29) is 19.1 Å². The third-order valence-electron chi connectivity index (χ3n) is 18.4. The Hall–Kier alpha value is -2.32. The lowest BCUT2D eigenvalue weighted by Crippen LogP contribution is -2.45. The Morgan fingerprint density at radius 2 is 0.656 bits per heavy atom. The van der Waals surface area contributed by atoms with Crippen molar-refractivity contribution in [3.8, 4) is 0 Å². The van der Waals surface area contributed by atoms with Crippen molar-refractivity contribution >= 4 is 13.7 Å². The molecule has 0 aromatic carbocycles. The summed E-state index contributed by atoms with van der Waals surface area (Å²) in [4.78, 5) is 25.7. The Bertz CT molecular complexity index is 1800. The van der Waals surface area contributed by atoms with Crippen molar-refractivity contribution in [2.75, 3.05) is 40.9 Å². The Morgan fingerprint density at radius 3 is 0.957 bits per heavy atom. The molecular formula is C84H157N2O6P. The van der Waals surface area contributed by atoms with E-state index in [4.69, 9.17) is 9.05 Å². The molecule has 8 nitrogen and oxygen atoms in total. The smallest absolute Gasteiger partial charge is 0.268 e. The zero-order valence-corrected chi connectivity index (χ0v) is 63.4. The molecular weight excluding hydrogens is 1160 g/mol. The number of allylic oxidation sites excluding steroid dienone is 13. The minimum absolute atomic E-state index is 0.000537. The van der Waals surface area contributed by atoms with E-state index in [1.54, 1.807) is 6.08 Å². The molecule has 2 N–H and O–H groups in total. The number of hydrogen-bond acceptors (Lipinski definition) is 6. The molecule has 93 heavy (non-hydrogen) atoms. The molecule has 0 aromatic rings. The van der Waals surface area contributed by atoms with Crippen LogP contribution >= 0.6 is 7.82 Å². The summed E-state index contributed by atoms with van der Waals surface area (Å²) in [5.41, 5.74) is 0. The maximum Gasteiger partial charge on any atom is 0.268 e. The van der Waals surface area contributed by atoms with Gasteiger partial charge < -0.3 is 28.8 Å². The summed E-state index contributed by atoms with van der Waals surface area (Å²) >= 11 is 0. The molecule has 0 radical (unpaired) electrons. The molecule has 0 saturated carbocycles. The van der Waals surface area contributed by atoms with Gasteiger partial charge in [0.05, 0.1) is 39.9 Å². The van der Waals surface area contributed by atoms with Crippen molar-refractivity contribution < 1.29 is 32.9 Å². The summed E-state index contributed by atoms with van der Waals surface area (Å²) in [5.74, 6) is -0.191. The quantitative estimate of drug-likeness (QED) is 0.0272. The summed E-state index contributed by atoms with van der Waals surface area (Å²) < 4.78 is 23.5. The maximum absolute atomic E-state index is 13.1. The lowest BCUT2D eigenvalue weighted by Gasteiger charge is -2.29. The second-order valence-electron chi connectivity index (χ2n) is 28.7. The fraction of sp³-hybridized carbons (Fsp3) is 0.821. The van der Waals surface area contributed by atoms with Crippen molar-refractivity contribution in [1.29, 1.82) is 0 Å². The second kappa shape index (κ2) is 73.9. The van der Waals surface area contributed by atoms with Gasteiger partial charge in [-0.3, -0.25) is 9.36 Å². The zero-order valence-electron chi connectivity index (χ0n) is 62.5. The van der Waals surface area contributed by atoms with Crippen LogP contribution in [0.3, 0.4) is 0 Å². The van der Waals surface area contributed by atoms with Crippen molar-refractivity contribution in [3.63, 3.8) is 0 Å². The predicted molar refractivity (Wildman–Crippen MR) is 408 cm³/mol. The summed E-state index contributed by atoms with van der Waals surface area (Å²) in [6.07, 6.45) is 106. The maximum atomic E-state index is 13.1. The van der Waals surface area contributed by atoms with Gasteiger partial charge in [0.25, 0.3) is 7.82 Å². The molecule has 0 fully saturated rings. The highest BCUT2D eigenvalue weighted by Crippen LogP contribution is 2.38. The SMILES string of the molecule is CC/C=C\C/C=C\C/C=C\C/C=C\C/C=C\C/C=C\CCCCCCCCCCCCCCCCCCCCCCCCC(=O)NC(COP(=O)([O-])OCC[N+](C)(C)C)C(O)/C=C/CCCCCCCCCCCCCCCCCCCCCCCCCCCCCC. The van der Waals surface area contributed by atoms with E-state index in [1.165, 1.54) is 295 Å². The lowest BCUT2D eigenvalue weighted by atomic mass is 10.0. The van der Waals surface area contributed by atoms with Crippen LogP contribution in [0.2, 0.25) is 0 Å². The summed E-state index contributed by atoms with van der Waals surface area (Å²) in [6.45, 7) is 4.59. The average Bonchev–Trinajstić information content (AvgIpc) is 2.75. The Labute approximate surface area is 579 Å². The molecule has 0 spiro atoms. The van der Waals surface area contributed by atoms with E-state index < -0.39 is 20.0 Å². The lowest BCUT2D eigenvalue weighted by molar-refractivity contribution is -0.870. The first-order valence-corrected chi connectivity index (χ1v) is 41.9. The fourth-order valence-electron chi connectivity index (χ4n) is 12.2. The molecule has 0 aromatic heterocycles. The molecule has 0 rings (SSSR count). The van der Waals surface area contributed by atoms with Gasteiger partial charge >= 0.3 is 0 Å². The van der Waals surface area contributed by atoms with Gasteiger partial charge in [0.15, 0.2) is 0 Å². The van der Waals surface area contributed by atoms with Gasteiger partial charge in [-0.15, -0.1) is 0 Å². The van der Waals surface area contributed by atoms with Gasteiger partial charge in [0, 0.05) is 6.42 Å². The number of nitrogens with one attached hydrogen (secondary N) is 1. The number of carbonyl (C=O) groups excluding carboxylic acids is 1. The van der Waals surface area contributed by atoms with Crippen LogP contribution < -0.4 is 10.2 Å². The van der Waals surface area contributed by atoms with Crippen LogP contribution in [0, 0.1) is 0 Å². The van der Waals surface area contributed by atoms with Gasteiger partial charge in [-0.05, 0) is 70.6 Å². The molecule has 9 heteroatoms. The first-order valence-electron chi connectivity index (χ1n) is 40.4. The zero-order chi connectivity index (χ0) is 67.6. The number of rotatable bonds is 75. The van der Waals surface area contributed by atoms with Crippen LogP contribution in [0.15, 0.2) is 85.1 Å². The second-order valence-corrected chi connectivity index (χ2v) is 30.2. The topological polar surface area (TPSA) is 108 Å². The summed E-state index contributed by atoms with van der Waals surface area (Å²) in [6, 6.07) is -0.890. The Balaban J connectivity index is 3.95. The van der Waals surface area contributed by atoms with E-state index in [0.717, 1.165) is 77.0 Å². The standard InChI is InChI=1S/C84H157N2O6P/c1-6-8-10-12-14-16-18-20-22-24-26-28-30-32-34-36-38-39-40-41-42-43-44-45-46-47-48-50-52-54-56-58-60-62-64-66-68-70-72-74-76-78-84(88)85-82(81-92-93(89,90)91-80-79-86(3,4)5)83(87)77-75-73-71-69-67-65-63-61-59-57-55-53-51-49-37-35-33-31-29-27-25-23-21-19-17-15-13-11-9-7-2/h8,10,14,16,20,22,26,28,32,34,38-39,75,77,82-83,87H,6-7,9,11-13,15,17-19,21,23-25,27,29-31,33,35-37,40-74,76,78-81H2,1-5H3,(H-,85,88,89,90)/b10-8-,16-14-,22-20-,28-26-,34-32-,39-38-,77-75+. The van der Waals surface area contributed by atoms with Crippen molar-refractivity contribution in [1.82, 2.24) is 5.32 Å². The molecule has 0 bridgehead atoms. The number of likely N-dealkylation sites (N-methyl/N-ethyl adjacent to an activating group) is 1. The summed E-state index contributed by atoms with van der Waals surface area (Å²) in [7, 11) is 1.28. The molecule has 3 unspecified atom stereocenters. The molecule has 0 aliphatic heterocycles. The van der Waals surface area contributed by atoms with Crippen LogP contribution in [-0.4, -0.2) is 68.5 Å². The number of hydrogen-bond donors (Lipinski definition) is 2.